The summed E-state index contributed by atoms with van der Waals surface area (Å²) in [4.78, 5) is 35.7. The highest BCUT2D eigenvalue weighted by Crippen LogP contribution is 2.25. The zero-order chi connectivity index (χ0) is 18.4. The normalized spacial score (nSPS) is 10.0. The largest absolute Gasteiger partial charge is 0.477 e. The smallest absolute Gasteiger partial charge is 0.310 e. The molecule has 0 aliphatic rings. The topological polar surface area (TPSA) is 102 Å². The summed E-state index contributed by atoms with van der Waals surface area (Å²) in [6.45, 7) is -0.392. The number of anilines is 1. The van der Waals surface area contributed by atoms with Crippen LogP contribution in [0.4, 0.5) is 11.4 Å². The molecule has 0 aliphatic heterocycles. The average Bonchev–Trinajstić information content (AvgIpc) is 2.59. The highest BCUT2D eigenvalue weighted by Gasteiger charge is 2.15. The Morgan fingerprint density at radius 1 is 1.16 bits per heavy atom. The Balaban J connectivity index is 2.01. The Bertz CT molecular complexity index is 804. The van der Waals surface area contributed by atoms with Crippen LogP contribution in [0.15, 0.2) is 48.5 Å². The maximum atomic E-state index is 12.0. The van der Waals surface area contributed by atoms with Crippen LogP contribution in [-0.4, -0.2) is 42.3 Å². The van der Waals surface area contributed by atoms with Crippen LogP contribution < -0.4 is 10.1 Å². The molecule has 130 valence electrons. The number of carbonyl (C=O) groups is 2. The molecule has 0 atom stereocenters. The first-order chi connectivity index (χ1) is 11.9. The van der Waals surface area contributed by atoms with E-state index in [9.17, 15) is 19.7 Å². The summed E-state index contributed by atoms with van der Waals surface area (Å²) >= 11 is 0. The summed E-state index contributed by atoms with van der Waals surface area (Å²) in [6, 6.07) is 12.3. The SMILES string of the molecule is CN(C)C(=O)c1cccc(NC(=O)COc2ccccc2[N+](=O)[O-])c1. The first kappa shape index (κ1) is 17.9. The van der Waals surface area contributed by atoms with Crippen LogP contribution in [0.25, 0.3) is 0 Å². The minimum atomic E-state index is -0.580. The highest BCUT2D eigenvalue weighted by molar-refractivity contribution is 5.97. The Hall–Kier alpha value is -3.42. The summed E-state index contributed by atoms with van der Waals surface area (Å²) < 4.78 is 5.22. The van der Waals surface area contributed by atoms with Crippen molar-refractivity contribution in [2.24, 2.45) is 0 Å². The molecular weight excluding hydrogens is 326 g/mol. The van der Waals surface area contributed by atoms with Crippen molar-refractivity contribution in [1.82, 2.24) is 4.90 Å². The van der Waals surface area contributed by atoms with E-state index in [1.54, 1.807) is 44.4 Å². The van der Waals surface area contributed by atoms with Gasteiger partial charge in [0.25, 0.3) is 11.8 Å². The van der Waals surface area contributed by atoms with Crippen LogP contribution in [0.2, 0.25) is 0 Å². The third-order valence-electron chi connectivity index (χ3n) is 3.22. The first-order valence-electron chi connectivity index (χ1n) is 7.36. The van der Waals surface area contributed by atoms with Gasteiger partial charge in [0.15, 0.2) is 12.4 Å². The van der Waals surface area contributed by atoms with Crippen molar-refractivity contribution in [2.75, 3.05) is 26.0 Å². The monoisotopic (exact) mass is 343 g/mol. The molecule has 0 aliphatic carbocycles. The molecule has 0 spiro atoms. The second-order valence-corrected chi connectivity index (χ2v) is 5.34. The van der Waals surface area contributed by atoms with Crippen LogP contribution in [0.3, 0.4) is 0 Å². The van der Waals surface area contributed by atoms with Crippen LogP contribution >= 0.6 is 0 Å². The van der Waals surface area contributed by atoms with Gasteiger partial charge in [-0.1, -0.05) is 18.2 Å². The minimum absolute atomic E-state index is 0.0131. The number of rotatable bonds is 6. The van der Waals surface area contributed by atoms with Crippen LogP contribution in [0.1, 0.15) is 10.4 Å². The van der Waals surface area contributed by atoms with Crippen molar-refractivity contribution < 1.29 is 19.2 Å². The van der Waals surface area contributed by atoms with Gasteiger partial charge in [0.05, 0.1) is 4.92 Å². The molecule has 2 rings (SSSR count). The number of amides is 2. The number of nitro groups is 1. The van der Waals surface area contributed by atoms with Gasteiger partial charge in [-0.2, -0.15) is 0 Å². The van der Waals surface area contributed by atoms with Crippen molar-refractivity contribution in [2.45, 2.75) is 0 Å². The number of para-hydroxylation sites is 2. The number of nitro benzene ring substituents is 1. The first-order valence-corrected chi connectivity index (χ1v) is 7.36. The lowest BCUT2D eigenvalue weighted by atomic mass is 10.2. The van der Waals surface area contributed by atoms with Gasteiger partial charge in [0, 0.05) is 31.4 Å². The maximum Gasteiger partial charge on any atom is 0.310 e. The van der Waals surface area contributed by atoms with Crippen molar-refractivity contribution in [3.63, 3.8) is 0 Å². The van der Waals surface area contributed by atoms with Gasteiger partial charge < -0.3 is 15.0 Å². The Morgan fingerprint density at radius 2 is 1.88 bits per heavy atom. The van der Waals surface area contributed by atoms with Gasteiger partial charge in [-0.3, -0.25) is 19.7 Å². The molecule has 0 saturated carbocycles. The van der Waals surface area contributed by atoms with Gasteiger partial charge in [0.2, 0.25) is 0 Å². The van der Waals surface area contributed by atoms with Gasteiger partial charge in [0.1, 0.15) is 0 Å². The number of ether oxygens (including phenoxy) is 1. The fraction of sp³-hybridized carbons (Fsp3) is 0.176. The van der Waals surface area contributed by atoms with Gasteiger partial charge in [-0.15, -0.1) is 0 Å². The van der Waals surface area contributed by atoms with Gasteiger partial charge >= 0.3 is 5.69 Å². The lowest BCUT2D eigenvalue weighted by Gasteiger charge is -2.12. The summed E-state index contributed by atoms with van der Waals surface area (Å²) in [6.07, 6.45) is 0. The van der Waals surface area contributed by atoms with E-state index >= 15 is 0 Å². The predicted molar refractivity (Wildman–Crippen MR) is 91.7 cm³/mol. The van der Waals surface area contributed by atoms with E-state index in [1.807, 2.05) is 0 Å². The molecule has 0 radical (unpaired) electrons. The number of carbonyl (C=O) groups excluding carboxylic acids is 2. The molecule has 1 N–H and O–H groups in total. The minimum Gasteiger partial charge on any atom is -0.477 e. The summed E-state index contributed by atoms with van der Waals surface area (Å²) in [5, 5.41) is 13.5. The standard InChI is InChI=1S/C17H17N3O5/c1-19(2)17(22)12-6-5-7-13(10-12)18-16(21)11-25-15-9-4-3-8-14(15)20(23)24/h3-10H,11H2,1-2H3,(H,18,21). The van der Waals surface area contributed by atoms with Crippen molar-refractivity contribution in [1.29, 1.82) is 0 Å². The summed E-state index contributed by atoms with van der Waals surface area (Å²) in [5.74, 6) is -0.668. The highest BCUT2D eigenvalue weighted by atomic mass is 16.6. The predicted octanol–water partition coefficient (Wildman–Crippen LogP) is 2.31. The van der Waals surface area contributed by atoms with Gasteiger partial charge in [-0.25, -0.2) is 0 Å². The van der Waals surface area contributed by atoms with Crippen LogP contribution in [-0.2, 0) is 4.79 Å². The average molecular weight is 343 g/mol. The molecule has 0 bridgehead atoms. The number of benzene rings is 2. The second kappa shape index (κ2) is 7.91. The molecule has 25 heavy (non-hydrogen) atoms. The molecular formula is C17H17N3O5. The zero-order valence-electron chi connectivity index (χ0n) is 13.8. The number of hydrogen-bond donors (Lipinski definition) is 1. The van der Waals surface area contributed by atoms with E-state index in [0.717, 1.165) is 0 Å². The van der Waals surface area contributed by atoms with E-state index in [0.29, 0.717) is 11.3 Å². The molecule has 0 fully saturated rings. The van der Waals surface area contributed by atoms with Crippen molar-refractivity contribution in [3.8, 4) is 5.75 Å². The Kier molecular flexibility index (Phi) is 5.67. The van der Waals surface area contributed by atoms with Crippen molar-refractivity contribution in [3.05, 3.63) is 64.2 Å². The molecule has 8 nitrogen and oxygen atoms in total. The quantitative estimate of drug-likeness (QED) is 0.640. The lowest BCUT2D eigenvalue weighted by Crippen LogP contribution is -2.23. The summed E-state index contributed by atoms with van der Waals surface area (Å²) in [7, 11) is 3.27. The molecule has 0 saturated heterocycles. The second-order valence-electron chi connectivity index (χ2n) is 5.34. The Labute approximate surface area is 144 Å². The molecule has 2 amide bonds. The third kappa shape index (κ3) is 4.77. The molecule has 2 aromatic carbocycles. The molecule has 0 unspecified atom stereocenters. The molecule has 0 heterocycles. The van der Waals surface area contributed by atoms with Gasteiger partial charge in [-0.05, 0) is 24.3 Å². The zero-order valence-corrected chi connectivity index (χ0v) is 13.8. The maximum absolute atomic E-state index is 12.0. The van der Waals surface area contributed by atoms with E-state index < -0.39 is 17.4 Å². The number of nitrogens with zero attached hydrogens (tertiary/aromatic N) is 2. The molecule has 8 heteroatoms. The van der Waals surface area contributed by atoms with Crippen molar-refractivity contribution >= 4 is 23.2 Å². The lowest BCUT2D eigenvalue weighted by molar-refractivity contribution is -0.385. The number of hydrogen-bond acceptors (Lipinski definition) is 5. The fourth-order valence-electron chi connectivity index (χ4n) is 2.06. The molecule has 2 aromatic rings. The van der Waals surface area contributed by atoms with Crippen LogP contribution in [0.5, 0.6) is 5.75 Å². The third-order valence-corrected chi connectivity index (χ3v) is 3.22. The fourth-order valence-corrected chi connectivity index (χ4v) is 2.06. The molecule has 0 aromatic heterocycles. The summed E-state index contributed by atoms with van der Waals surface area (Å²) in [5.41, 5.74) is 0.653. The Morgan fingerprint density at radius 3 is 2.56 bits per heavy atom. The number of nitrogens with one attached hydrogen (secondary N) is 1. The van der Waals surface area contributed by atoms with E-state index in [1.165, 1.54) is 23.1 Å². The van der Waals surface area contributed by atoms with E-state index in [-0.39, 0.29) is 17.3 Å². The van der Waals surface area contributed by atoms with E-state index in [2.05, 4.69) is 5.32 Å². The van der Waals surface area contributed by atoms with E-state index in [4.69, 9.17) is 4.74 Å². The van der Waals surface area contributed by atoms with Crippen LogP contribution in [0, 0.1) is 10.1 Å².